The molecular weight excluding hydrogens is 374 g/mol. The van der Waals surface area contributed by atoms with Gasteiger partial charge in [0.1, 0.15) is 17.9 Å². The van der Waals surface area contributed by atoms with E-state index in [0.29, 0.717) is 25.4 Å². The average Bonchev–Trinajstić information content (AvgIpc) is 2.61. The summed E-state index contributed by atoms with van der Waals surface area (Å²) in [5, 5.41) is 13.0. The lowest BCUT2D eigenvalue weighted by molar-refractivity contribution is 0.0218. The summed E-state index contributed by atoms with van der Waals surface area (Å²) >= 11 is 3.42. The maximum absolute atomic E-state index is 11.8. The van der Waals surface area contributed by atoms with Crippen molar-refractivity contribution in [3.8, 4) is 5.75 Å². The number of pyridine rings is 1. The van der Waals surface area contributed by atoms with Crippen LogP contribution in [0.15, 0.2) is 53.3 Å². The number of halogens is 1. The van der Waals surface area contributed by atoms with Crippen LogP contribution in [0.2, 0.25) is 0 Å². The molecule has 7 heteroatoms. The number of carboxylic acid groups (broad SMARTS) is 1. The molecule has 2 aromatic rings. The minimum atomic E-state index is -0.950. The van der Waals surface area contributed by atoms with Gasteiger partial charge < -0.3 is 15.2 Å². The fraction of sp³-hybridized carbons (Fsp3) is 0.294. The van der Waals surface area contributed by atoms with Crippen LogP contribution in [0.4, 0.5) is 4.79 Å². The molecular formula is C17H18BrN3O3. The molecule has 1 aromatic heterocycles. The Labute approximate surface area is 148 Å². The van der Waals surface area contributed by atoms with Crippen molar-refractivity contribution in [1.82, 2.24) is 15.2 Å². The Hall–Kier alpha value is -2.12. The molecule has 1 aromatic carbocycles. The Bertz CT molecular complexity index is 696. The molecule has 24 heavy (non-hydrogen) atoms. The van der Waals surface area contributed by atoms with Crippen LogP contribution < -0.4 is 10.1 Å². The predicted octanol–water partition coefficient (Wildman–Crippen LogP) is 2.70. The van der Waals surface area contributed by atoms with Gasteiger partial charge in [0.25, 0.3) is 0 Å². The highest BCUT2D eigenvalue weighted by Crippen LogP contribution is 2.32. The van der Waals surface area contributed by atoms with E-state index in [0.717, 1.165) is 10.0 Å². The first-order valence-electron chi connectivity index (χ1n) is 7.62. The zero-order valence-electron chi connectivity index (χ0n) is 13.0. The number of ether oxygens (including phenoxy) is 1. The fourth-order valence-corrected chi connectivity index (χ4v) is 3.20. The summed E-state index contributed by atoms with van der Waals surface area (Å²) in [5.74, 6) is 0.616. The Morgan fingerprint density at radius 2 is 2.17 bits per heavy atom. The minimum absolute atomic E-state index is 0.208. The standard InChI is InChI=1S/C17H18BrN3O3/c18-14-5-3-13(4-6-14)17(11-20-8-9-21(17)16(22)23)12-24-15-2-1-7-19-10-15/h1-7,10,20H,8-9,11-12H2,(H,22,23). The van der Waals surface area contributed by atoms with Gasteiger partial charge in [-0.3, -0.25) is 9.88 Å². The largest absolute Gasteiger partial charge is 0.489 e. The Kier molecular flexibility index (Phi) is 5.01. The second kappa shape index (κ2) is 7.19. The normalized spacial score (nSPS) is 20.6. The number of nitrogens with one attached hydrogen (secondary N) is 1. The molecule has 0 radical (unpaired) electrons. The second-order valence-electron chi connectivity index (χ2n) is 5.63. The Morgan fingerprint density at radius 1 is 1.38 bits per heavy atom. The van der Waals surface area contributed by atoms with Crippen LogP contribution >= 0.6 is 15.9 Å². The van der Waals surface area contributed by atoms with Crippen molar-refractivity contribution in [3.05, 3.63) is 58.8 Å². The Morgan fingerprint density at radius 3 is 2.83 bits per heavy atom. The number of piperazine rings is 1. The third kappa shape index (κ3) is 3.37. The van der Waals surface area contributed by atoms with E-state index in [2.05, 4.69) is 26.2 Å². The molecule has 1 aliphatic rings. The van der Waals surface area contributed by atoms with Gasteiger partial charge in [-0.2, -0.15) is 0 Å². The van der Waals surface area contributed by atoms with Gasteiger partial charge in [-0.05, 0) is 29.8 Å². The van der Waals surface area contributed by atoms with Crippen LogP contribution in [-0.2, 0) is 5.54 Å². The number of hydrogen-bond donors (Lipinski definition) is 2. The highest BCUT2D eigenvalue weighted by atomic mass is 79.9. The summed E-state index contributed by atoms with van der Waals surface area (Å²) in [4.78, 5) is 17.3. The van der Waals surface area contributed by atoms with E-state index in [1.54, 1.807) is 18.5 Å². The molecule has 3 rings (SSSR count). The molecule has 0 saturated carbocycles. The summed E-state index contributed by atoms with van der Waals surface area (Å²) in [6.45, 7) is 1.72. The SMILES string of the molecule is O=C(O)N1CCNCC1(COc1cccnc1)c1ccc(Br)cc1. The van der Waals surface area contributed by atoms with Crippen LogP contribution in [0.1, 0.15) is 5.56 Å². The number of nitrogens with zero attached hydrogens (tertiary/aromatic N) is 2. The molecule has 1 aliphatic heterocycles. The van der Waals surface area contributed by atoms with Crippen molar-refractivity contribution in [2.75, 3.05) is 26.2 Å². The van der Waals surface area contributed by atoms with E-state index >= 15 is 0 Å². The van der Waals surface area contributed by atoms with Crippen LogP contribution in [-0.4, -0.2) is 47.3 Å². The molecule has 2 heterocycles. The summed E-state index contributed by atoms with van der Waals surface area (Å²) in [6, 6.07) is 11.3. The van der Waals surface area contributed by atoms with E-state index in [-0.39, 0.29) is 6.61 Å². The molecule has 0 bridgehead atoms. The lowest BCUT2D eigenvalue weighted by atomic mass is 9.87. The van der Waals surface area contributed by atoms with Crippen molar-refractivity contribution >= 4 is 22.0 Å². The van der Waals surface area contributed by atoms with Crippen molar-refractivity contribution in [1.29, 1.82) is 0 Å². The lowest BCUT2D eigenvalue weighted by Gasteiger charge is -2.45. The molecule has 0 aliphatic carbocycles. The highest BCUT2D eigenvalue weighted by molar-refractivity contribution is 9.10. The van der Waals surface area contributed by atoms with E-state index in [1.807, 2.05) is 30.3 Å². The van der Waals surface area contributed by atoms with Crippen LogP contribution in [0.3, 0.4) is 0 Å². The maximum atomic E-state index is 11.8. The maximum Gasteiger partial charge on any atom is 0.408 e. The topological polar surface area (TPSA) is 74.7 Å². The zero-order chi connectivity index (χ0) is 17.0. The van der Waals surface area contributed by atoms with Gasteiger partial charge >= 0.3 is 6.09 Å². The van der Waals surface area contributed by atoms with E-state index in [9.17, 15) is 9.90 Å². The first kappa shape index (κ1) is 16.7. The number of aromatic nitrogens is 1. The number of amides is 1. The van der Waals surface area contributed by atoms with Gasteiger partial charge in [-0.25, -0.2) is 4.79 Å². The van der Waals surface area contributed by atoms with E-state index < -0.39 is 11.6 Å². The summed E-state index contributed by atoms with van der Waals surface area (Å²) < 4.78 is 6.84. The third-order valence-electron chi connectivity index (χ3n) is 4.17. The Balaban J connectivity index is 1.96. The highest BCUT2D eigenvalue weighted by Gasteiger charge is 2.44. The van der Waals surface area contributed by atoms with Crippen molar-refractivity contribution in [2.24, 2.45) is 0 Å². The second-order valence-corrected chi connectivity index (χ2v) is 6.54. The molecule has 0 spiro atoms. The van der Waals surface area contributed by atoms with Crippen molar-refractivity contribution in [2.45, 2.75) is 5.54 Å². The van der Waals surface area contributed by atoms with E-state index in [4.69, 9.17) is 4.74 Å². The first-order valence-corrected chi connectivity index (χ1v) is 8.41. The van der Waals surface area contributed by atoms with Gasteiger partial charge in [0, 0.05) is 30.3 Å². The van der Waals surface area contributed by atoms with Crippen molar-refractivity contribution in [3.63, 3.8) is 0 Å². The molecule has 1 amide bonds. The van der Waals surface area contributed by atoms with Gasteiger partial charge in [-0.15, -0.1) is 0 Å². The smallest absolute Gasteiger partial charge is 0.408 e. The number of hydrogen-bond acceptors (Lipinski definition) is 4. The third-order valence-corrected chi connectivity index (χ3v) is 4.70. The van der Waals surface area contributed by atoms with Gasteiger partial charge in [-0.1, -0.05) is 28.1 Å². The molecule has 1 unspecified atom stereocenters. The first-order chi connectivity index (χ1) is 11.6. The zero-order valence-corrected chi connectivity index (χ0v) is 14.6. The predicted molar refractivity (Wildman–Crippen MR) is 93.2 cm³/mol. The van der Waals surface area contributed by atoms with Gasteiger partial charge in [0.05, 0.1) is 6.20 Å². The fourth-order valence-electron chi connectivity index (χ4n) is 2.94. The number of benzene rings is 1. The average molecular weight is 392 g/mol. The molecule has 1 fully saturated rings. The molecule has 1 atom stereocenters. The van der Waals surface area contributed by atoms with Gasteiger partial charge in [0.15, 0.2) is 0 Å². The van der Waals surface area contributed by atoms with E-state index in [1.165, 1.54) is 4.90 Å². The monoisotopic (exact) mass is 391 g/mol. The molecule has 2 N–H and O–H groups in total. The van der Waals surface area contributed by atoms with Crippen molar-refractivity contribution < 1.29 is 14.6 Å². The summed E-state index contributed by atoms with van der Waals surface area (Å²) in [7, 11) is 0. The minimum Gasteiger partial charge on any atom is -0.489 e. The van der Waals surface area contributed by atoms with Crippen LogP contribution in [0, 0.1) is 0 Å². The summed E-state index contributed by atoms with van der Waals surface area (Å²) in [5.41, 5.74) is 0.102. The number of carbonyl (C=O) groups is 1. The molecule has 126 valence electrons. The molecule has 1 saturated heterocycles. The summed E-state index contributed by atoms with van der Waals surface area (Å²) in [6.07, 6.45) is 2.34. The molecule has 6 nitrogen and oxygen atoms in total. The lowest BCUT2D eigenvalue weighted by Crippen LogP contribution is -2.63. The van der Waals surface area contributed by atoms with Crippen LogP contribution in [0.5, 0.6) is 5.75 Å². The quantitative estimate of drug-likeness (QED) is 0.837. The number of rotatable bonds is 4. The van der Waals surface area contributed by atoms with Gasteiger partial charge in [0.2, 0.25) is 0 Å². The van der Waals surface area contributed by atoms with Crippen LogP contribution in [0.25, 0.3) is 0 Å².